The van der Waals surface area contributed by atoms with Crippen LogP contribution in [0.15, 0.2) is 0 Å². The fourth-order valence-electron chi connectivity index (χ4n) is 2.06. The lowest BCUT2D eigenvalue weighted by molar-refractivity contribution is -0.122. The Morgan fingerprint density at radius 3 is 2.67 bits per heavy atom. The fraction of sp³-hybridized carbons (Fsp3) is 0.917. The van der Waals surface area contributed by atoms with E-state index in [1.807, 2.05) is 6.92 Å². The molecule has 0 saturated heterocycles. The lowest BCUT2D eigenvalue weighted by atomic mass is 10.2. The van der Waals surface area contributed by atoms with Gasteiger partial charge in [0.1, 0.15) is 0 Å². The van der Waals surface area contributed by atoms with Gasteiger partial charge in [0.2, 0.25) is 5.91 Å². The minimum absolute atomic E-state index is 0.0371. The smallest absolute Gasteiger partial charge is 0.236 e. The molecule has 0 aromatic carbocycles. The number of unbranched alkanes of at least 4 members (excludes halogenated alkanes) is 1. The van der Waals surface area contributed by atoms with Crippen LogP contribution in [0.1, 0.15) is 52.4 Å². The van der Waals surface area contributed by atoms with E-state index in [4.69, 9.17) is 0 Å². The molecule has 0 aromatic rings. The molecule has 1 amide bonds. The van der Waals surface area contributed by atoms with Crippen LogP contribution in [-0.4, -0.2) is 24.5 Å². The minimum atomic E-state index is -0.0371. The number of rotatable bonds is 6. The average Bonchev–Trinajstić information content (AvgIpc) is 2.70. The van der Waals surface area contributed by atoms with Gasteiger partial charge in [-0.05, 0) is 26.2 Å². The number of carbonyl (C=O) groups is 1. The molecular formula is C12H24N2O. The normalized spacial score (nSPS) is 19.1. The van der Waals surface area contributed by atoms with Gasteiger partial charge in [-0.15, -0.1) is 0 Å². The van der Waals surface area contributed by atoms with Gasteiger partial charge in [0.15, 0.2) is 0 Å². The molecule has 0 bridgehead atoms. The first-order valence-electron chi connectivity index (χ1n) is 6.27. The molecule has 1 unspecified atom stereocenters. The zero-order valence-corrected chi connectivity index (χ0v) is 10.0. The summed E-state index contributed by atoms with van der Waals surface area (Å²) in [6.45, 7) is 4.90. The first kappa shape index (κ1) is 12.5. The van der Waals surface area contributed by atoms with Gasteiger partial charge < -0.3 is 10.6 Å². The van der Waals surface area contributed by atoms with Crippen molar-refractivity contribution in [2.45, 2.75) is 64.5 Å². The van der Waals surface area contributed by atoms with Gasteiger partial charge >= 0.3 is 0 Å². The predicted molar refractivity (Wildman–Crippen MR) is 62.8 cm³/mol. The molecule has 0 aliphatic heterocycles. The molecule has 88 valence electrons. The molecule has 0 aromatic heterocycles. The van der Waals surface area contributed by atoms with Crippen molar-refractivity contribution in [3.05, 3.63) is 0 Å². The van der Waals surface area contributed by atoms with Gasteiger partial charge in [-0.3, -0.25) is 4.79 Å². The SMILES string of the molecule is CCCCNC(=O)C(C)NC1CCCC1. The van der Waals surface area contributed by atoms with Crippen molar-refractivity contribution in [3.63, 3.8) is 0 Å². The van der Waals surface area contributed by atoms with Crippen LogP contribution in [0.3, 0.4) is 0 Å². The number of carbonyl (C=O) groups excluding carboxylic acids is 1. The third kappa shape index (κ3) is 4.65. The molecule has 0 radical (unpaired) electrons. The van der Waals surface area contributed by atoms with E-state index in [1.54, 1.807) is 0 Å². The Morgan fingerprint density at radius 2 is 2.07 bits per heavy atom. The van der Waals surface area contributed by atoms with Crippen molar-refractivity contribution < 1.29 is 4.79 Å². The van der Waals surface area contributed by atoms with Crippen LogP contribution in [0.5, 0.6) is 0 Å². The molecule has 1 saturated carbocycles. The Hall–Kier alpha value is -0.570. The standard InChI is InChI=1S/C12H24N2O/c1-3-4-9-13-12(15)10(2)14-11-7-5-6-8-11/h10-11,14H,3-9H2,1-2H3,(H,13,15). The molecule has 1 fully saturated rings. The van der Waals surface area contributed by atoms with E-state index in [1.165, 1.54) is 25.7 Å². The van der Waals surface area contributed by atoms with Crippen LogP contribution in [0.4, 0.5) is 0 Å². The van der Waals surface area contributed by atoms with E-state index < -0.39 is 0 Å². The minimum Gasteiger partial charge on any atom is -0.355 e. The van der Waals surface area contributed by atoms with Gasteiger partial charge in [-0.25, -0.2) is 0 Å². The molecule has 1 aliphatic carbocycles. The molecule has 3 heteroatoms. The van der Waals surface area contributed by atoms with Crippen molar-refractivity contribution in [2.75, 3.05) is 6.54 Å². The highest BCUT2D eigenvalue weighted by Crippen LogP contribution is 2.17. The molecule has 1 rings (SSSR count). The summed E-state index contributed by atoms with van der Waals surface area (Å²) in [5, 5.41) is 6.35. The monoisotopic (exact) mass is 212 g/mol. The summed E-state index contributed by atoms with van der Waals surface area (Å²) in [7, 11) is 0. The fourth-order valence-corrected chi connectivity index (χ4v) is 2.06. The summed E-state index contributed by atoms with van der Waals surface area (Å²) in [4.78, 5) is 11.6. The van der Waals surface area contributed by atoms with Gasteiger partial charge in [0.25, 0.3) is 0 Å². The molecule has 0 heterocycles. The van der Waals surface area contributed by atoms with Crippen molar-refractivity contribution in [1.29, 1.82) is 0 Å². The van der Waals surface area contributed by atoms with Gasteiger partial charge in [0, 0.05) is 12.6 Å². The highest BCUT2D eigenvalue weighted by atomic mass is 16.2. The Bertz CT molecular complexity index is 188. The largest absolute Gasteiger partial charge is 0.355 e. The van der Waals surface area contributed by atoms with E-state index in [-0.39, 0.29) is 11.9 Å². The van der Waals surface area contributed by atoms with E-state index in [0.29, 0.717) is 6.04 Å². The summed E-state index contributed by atoms with van der Waals surface area (Å²) in [6.07, 6.45) is 7.27. The topological polar surface area (TPSA) is 41.1 Å². The van der Waals surface area contributed by atoms with E-state index in [2.05, 4.69) is 17.6 Å². The maximum atomic E-state index is 11.6. The summed E-state index contributed by atoms with van der Waals surface area (Å²) >= 11 is 0. The lowest BCUT2D eigenvalue weighted by Gasteiger charge is -2.18. The van der Waals surface area contributed by atoms with E-state index in [9.17, 15) is 4.79 Å². The van der Waals surface area contributed by atoms with Crippen LogP contribution in [0, 0.1) is 0 Å². The van der Waals surface area contributed by atoms with Crippen LogP contribution in [0.2, 0.25) is 0 Å². The highest BCUT2D eigenvalue weighted by Gasteiger charge is 2.20. The molecular weight excluding hydrogens is 188 g/mol. The lowest BCUT2D eigenvalue weighted by Crippen LogP contribution is -2.46. The van der Waals surface area contributed by atoms with Crippen molar-refractivity contribution in [2.24, 2.45) is 0 Å². The maximum Gasteiger partial charge on any atom is 0.236 e. The molecule has 1 aliphatic rings. The second-order valence-electron chi connectivity index (χ2n) is 4.51. The van der Waals surface area contributed by atoms with Crippen LogP contribution in [0.25, 0.3) is 0 Å². The number of hydrogen-bond acceptors (Lipinski definition) is 2. The average molecular weight is 212 g/mol. The third-order valence-corrected chi connectivity index (χ3v) is 3.06. The zero-order chi connectivity index (χ0) is 11.1. The third-order valence-electron chi connectivity index (χ3n) is 3.06. The Kier molecular flexibility index (Phi) is 5.69. The zero-order valence-electron chi connectivity index (χ0n) is 10.0. The van der Waals surface area contributed by atoms with Crippen molar-refractivity contribution >= 4 is 5.91 Å². The Morgan fingerprint density at radius 1 is 1.40 bits per heavy atom. The first-order chi connectivity index (χ1) is 7.24. The van der Waals surface area contributed by atoms with Crippen LogP contribution in [-0.2, 0) is 4.79 Å². The van der Waals surface area contributed by atoms with Crippen molar-refractivity contribution in [1.82, 2.24) is 10.6 Å². The summed E-state index contributed by atoms with van der Waals surface area (Å²) in [5.74, 6) is 0.148. The highest BCUT2D eigenvalue weighted by molar-refractivity contribution is 5.81. The Balaban J connectivity index is 2.14. The van der Waals surface area contributed by atoms with Gasteiger partial charge in [0.05, 0.1) is 6.04 Å². The molecule has 0 spiro atoms. The van der Waals surface area contributed by atoms with Crippen LogP contribution < -0.4 is 10.6 Å². The van der Waals surface area contributed by atoms with Crippen molar-refractivity contribution in [3.8, 4) is 0 Å². The van der Waals surface area contributed by atoms with Gasteiger partial charge in [-0.2, -0.15) is 0 Å². The second kappa shape index (κ2) is 6.83. The summed E-state index contributed by atoms with van der Waals surface area (Å²) in [6, 6.07) is 0.530. The molecule has 15 heavy (non-hydrogen) atoms. The van der Waals surface area contributed by atoms with E-state index >= 15 is 0 Å². The second-order valence-corrected chi connectivity index (χ2v) is 4.51. The Labute approximate surface area is 93.0 Å². The predicted octanol–water partition coefficient (Wildman–Crippen LogP) is 1.82. The number of hydrogen-bond donors (Lipinski definition) is 2. The summed E-state index contributed by atoms with van der Waals surface area (Å²) in [5.41, 5.74) is 0. The number of amides is 1. The number of nitrogens with one attached hydrogen (secondary N) is 2. The molecule has 2 N–H and O–H groups in total. The van der Waals surface area contributed by atoms with E-state index in [0.717, 1.165) is 19.4 Å². The van der Waals surface area contributed by atoms with Crippen LogP contribution >= 0.6 is 0 Å². The summed E-state index contributed by atoms with van der Waals surface area (Å²) < 4.78 is 0. The quantitative estimate of drug-likeness (QED) is 0.659. The first-order valence-corrected chi connectivity index (χ1v) is 6.27. The van der Waals surface area contributed by atoms with Gasteiger partial charge in [-0.1, -0.05) is 26.2 Å². The maximum absolute atomic E-state index is 11.6. The molecule has 3 nitrogen and oxygen atoms in total. The molecule has 1 atom stereocenters.